The maximum Gasteiger partial charge on any atom is 0.126 e. The van der Waals surface area contributed by atoms with Crippen molar-refractivity contribution in [2.24, 2.45) is 0 Å². The summed E-state index contributed by atoms with van der Waals surface area (Å²) in [5, 5.41) is 0. The van der Waals surface area contributed by atoms with Crippen LogP contribution in [0.2, 0.25) is 0 Å². The molecule has 0 atom stereocenters. The molecule has 0 fully saturated rings. The molecule has 16 heavy (non-hydrogen) atoms. The summed E-state index contributed by atoms with van der Waals surface area (Å²) >= 11 is 0. The molecule has 0 saturated heterocycles. The van der Waals surface area contributed by atoms with Gasteiger partial charge in [-0.1, -0.05) is 29.8 Å². The van der Waals surface area contributed by atoms with Crippen molar-refractivity contribution in [2.45, 2.75) is 13.3 Å². The molecule has 1 aromatic carbocycles. The van der Waals surface area contributed by atoms with Crippen LogP contribution in [0, 0.1) is 6.92 Å². The summed E-state index contributed by atoms with van der Waals surface area (Å²) in [6.07, 6.45) is 0.832. The van der Waals surface area contributed by atoms with Gasteiger partial charge in [0, 0.05) is 0 Å². The molecule has 0 aliphatic carbocycles. The Labute approximate surface area is 95.1 Å². The summed E-state index contributed by atoms with van der Waals surface area (Å²) in [5.41, 5.74) is 14.9. The Kier molecular flexibility index (Phi) is 2.77. The molecule has 0 aliphatic rings. The van der Waals surface area contributed by atoms with E-state index in [2.05, 4.69) is 36.2 Å². The minimum absolute atomic E-state index is 0.475. The summed E-state index contributed by atoms with van der Waals surface area (Å²) in [6.45, 7) is 2.08. The van der Waals surface area contributed by atoms with Crippen molar-refractivity contribution < 1.29 is 0 Å². The molecular weight excluding hydrogens is 198 g/mol. The number of benzene rings is 1. The Morgan fingerprint density at radius 2 is 1.69 bits per heavy atom. The monoisotopic (exact) mass is 213 g/mol. The topological polar surface area (TPSA) is 64.9 Å². The second-order valence-corrected chi connectivity index (χ2v) is 3.99. The number of pyridine rings is 1. The van der Waals surface area contributed by atoms with Gasteiger partial charge in [-0.25, -0.2) is 4.98 Å². The molecule has 0 amide bonds. The molecule has 0 aliphatic heterocycles. The van der Waals surface area contributed by atoms with Crippen LogP contribution >= 0.6 is 0 Å². The van der Waals surface area contributed by atoms with E-state index in [1.54, 1.807) is 0 Å². The molecular formula is C13H15N3. The van der Waals surface area contributed by atoms with Crippen molar-refractivity contribution in [3.63, 3.8) is 0 Å². The van der Waals surface area contributed by atoms with E-state index < -0.39 is 0 Å². The number of hydrogen-bond donors (Lipinski definition) is 2. The van der Waals surface area contributed by atoms with E-state index in [0.717, 1.165) is 12.0 Å². The number of anilines is 2. The van der Waals surface area contributed by atoms with Gasteiger partial charge in [-0.15, -0.1) is 0 Å². The number of nitrogen functional groups attached to an aromatic ring is 2. The van der Waals surface area contributed by atoms with Crippen LogP contribution in [0.5, 0.6) is 0 Å². The van der Waals surface area contributed by atoms with Crippen LogP contribution in [0.4, 0.5) is 11.6 Å². The maximum atomic E-state index is 5.65. The van der Waals surface area contributed by atoms with Crippen molar-refractivity contribution >= 4 is 11.6 Å². The highest BCUT2D eigenvalue weighted by molar-refractivity contribution is 5.45. The molecule has 0 radical (unpaired) electrons. The third-order valence-corrected chi connectivity index (χ3v) is 2.42. The lowest BCUT2D eigenvalue weighted by atomic mass is 10.0. The zero-order valence-electron chi connectivity index (χ0n) is 9.27. The third kappa shape index (κ3) is 2.51. The minimum atomic E-state index is 0.475. The molecule has 0 unspecified atom stereocenters. The summed E-state index contributed by atoms with van der Waals surface area (Å²) in [4.78, 5) is 3.95. The first-order valence-electron chi connectivity index (χ1n) is 5.21. The maximum absolute atomic E-state index is 5.65. The lowest BCUT2D eigenvalue weighted by Gasteiger charge is -2.05. The summed E-state index contributed by atoms with van der Waals surface area (Å²) < 4.78 is 0. The first-order valence-corrected chi connectivity index (χ1v) is 5.21. The van der Waals surface area contributed by atoms with Gasteiger partial charge < -0.3 is 11.5 Å². The molecule has 1 aromatic heterocycles. The summed E-state index contributed by atoms with van der Waals surface area (Å²) in [5.74, 6) is 0.949. The number of aromatic nitrogens is 1. The van der Waals surface area contributed by atoms with Crippen LogP contribution < -0.4 is 11.5 Å². The van der Waals surface area contributed by atoms with Gasteiger partial charge >= 0.3 is 0 Å². The average Bonchev–Trinajstić information content (AvgIpc) is 2.15. The Balaban J connectivity index is 2.27. The van der Waals surface area contributed by atoms with Gasteiger partial charge in [0.15, 0.2) is 0 Å². The van der Waals surface area contributed by atoms with Crippen molar-refractivity contribution in [3.8, 4) is 0 Å². The van der Waals surface area contributed by atoms with Gasteiger partial charge in [0.1, 0.15) is 11.6 Å². The van der Waals surface area contributed by atoms with Crippen LogP contribution in [0.15, 0.2) is 36.4 Å². The highest BCUT2D eigenvalue weighted by Crippen LogP contribution is 2.14. The predicted octanol–water partition coefficient (Wildman–Crippen LogP) is 2.15. The Morgan fingerprint density at radius 1 is 1.00 bits per heavy atom. The average molecular weight is 213 g/mol. The molecule has 82 valence electrons. The second kappa shape index (κ2) is 4.23. The van der Waals surface area contributed by atoms with Crippen LogP contribution in [-0.2, 0) is 6.42 Å². The molecule has 1 heterocycles. The SMILES string of the molecule is Cc1cccc(Cc2cc(N)nc(N)c2)c1. The Bertz CT molecular complexity index is 486. The first-order chi connectivity index (χ1) is 7.63. The number of rotatable bonds is 2. The van der Waals surface area contributed by atoms with Crippen LogP contribution in [0.1, 0.15) is 16.7 Å². The normalized spacial score (nSPS) is 10.3. The van der Waals surface area contributed by atoms with Crippen molar-refractivity contribution in [2.75, 3.05) is 11.5 Å². The predicted molar refractivity (Wildman–Crippen MR) is 67.0 cm³/mol. The fourth-order valence-electron chi connectivity index (χ4n) is 1.80. The van der Waals surface area contributed by atoms with Gasteiger partial charge in [0.25, 0.3) is 0 Å². The molecule has 2 rings (SSSR count). The van der Waals surface area contributed by atoms with Gasteiger partial charge in [0.05, 0.1) is 0 Å². The van der Waals surface area contributed by atoms with E-state index in [1.165, 1.54) is 11.1 Å². The fourth-order valence-corrected chi connectivity index (χ4v) is 1.80. The Morgan fingerprint density at radius 3 is 2.31 bits per heavy atom. The lowest BCUT2D eigenvalue weighted by molar-refractivity contribution is 1.16. The minimum Gasteiger partial charge on any atom is -0.384 e. The smallest absolute Gasteiger partial charge is 0.126 e. The lowest BCUT2D eigenvalue weighted by Crippen LogP contribution is -1.99. The van der Waals surface area contributed by atoms with Crippen LogP contribution in [0.3, 0.4) is 0 Å². The number of aryl methyl sites for hydroxylation is 1. The van der Waals surface area contributed by atoms with Crippen molar-refractivity contribution in [3.05, 3.63) is 53.1 Å². The summed E-state index contributed by atoms with van der Waals surface area (Å²) in [6, 6.07) is 12.1. The molecule has 3 heteroatoms. The molecule has 0 bridgehead atoms. The van der Waals surface area contributed by atoms with Crippen LogP contribution in [0.25, 0.3) is 0 Å². The molecule has 0 saturated carbocycles. The number of hydrogen-bond acceptors (Lipinski definition) is 3. The molecule has 4 N–H and O–H groups in total. The van der Waals surface area contributed by atoms with Gasteiger partial charge in [-0.05, 0) is 36.6 Å². The zero-order chi connectivity index (χ0) is 11.5. The van der Waals surface area contributed by atoms with Gasteiger partial charge in [0.2, 0.25) is 0 Å². The highest BCUT2D eigenvalue weighted by Gasteiger charge is 2.00. The standard InChI is InChI=1S/C13H15N3/c1-9-3-2-4-10(5-9)6-11-7-12(14)16-13(15)8-11/h2-5,7-8H,6H2,1H3,(H4,14,15,16). The first kappa shape index (κ1) is 10.5. The van der Waals surface area contributed by atoms with E-state index in [-0.39, 0.29) is 0 Å². The fraction of sp³-hybridized carbons (Fsp3) is 0.154. The van der Waals surface area contributed by atoms with E-state index in [4.69, 9.17) is 11.5 Å². The number of nitrogens with two attached hydrogens (primary N) is 2. The van der Waals surface area contributed by atoms with Crippen molar-refractivity contribution in [1.29, 1.82) is 0 Å². The summed E-state index contributed by atoms with van der Waals surface area (Å²) in [7, 11) is 0. The van der Waals surface area contributed by atoms with E-state index in [1.807, 2.05) is 12.1 Å². The van der Waals surface area contributed by atoms with Gasteiger partial charge in [-0.2, -0.15) is 0 Å². The third-order valence-electron chi connectivity index (χ3n) is 2.42. The van der Waals surface area contributed by atoms with E-state index in [0.29, 0.717) is 11.6 Å². The Hall–Kier alpha value is -2.03. The quantitative estimate of drug-likeness (QED) is 0.803. The molecule has 2 aromatic rings. The van der Waals surface area contributed by atoms with E-state index in [9.17, 15) is 0 Å². The van der Waals surface area contributed by atoms with E-state index >= 15 is 0 Å². The molecule has 3 nitrogen and oxygen atoms in total. The zero-order valence-corrected chi connectivity index (χ0v) is 9.27. The van der Waals surface area contributed by atoms with Crippen LogP contribution in [-0.4, -0.2) is 4.98 Å². The molecule has 0 spiro atoms. The largest absolute Gasteiger partial charge is 0.384 e. The number of nitrogens with zero attached hydrogens (tertiary/aromatic N) is 1. The second-order valence-electron chi connectivity index (χ2n) is 3.99. The van der Waals surface area contributed by atoms with Gasteiger partial charge in [-0.3, -0.25) is 0 Å². The highest BCUT2D eigenvalue weighted by atomic mass is 14.9. The van der Waals surface area contributed by atoms with Crippen molar-refractivity contribution in [1.82, 2.24) is 4.98 Å².